The van der Waals surface area contributed by atoms with Crippen molar-refractivity contribution >= 4 is 22.2 Å². The van der Waals surface area contributed by atoms with Gasteiger partial charge in [0.25, 0.3) is 11.5 Å². The van der Waals surface area contributed by atoms with Crippen molar-refractivity contribution in [1.29, 1.82) is 0 Å². The first-order valence-electron chi connectivity index (χ1n) is 11.9. The van der Waals surface area contributed by atoms with Crippen LogP contribution in [0.2, 0.25) is 0 Å². The van der Waals surface area contributed by atoms with Crippen LogP contribution in [-0.2, 0) is 11.3 Å². The molecule has 1 fully saturated rings. The molecule has 5 rings (SSSR count). The third kappa shape index (κ3) is 5.29. The van der Waals surface area contributed by atoms with Gasteiger partial charge in [-0.3, -0.25) is 14.5 Å². The van der Waals surface area contributed by atoms with Gasteiger partial charge in [-0.15, -0.1) is 0 Å². The zero-order valence-electron chi connectivity index (χ0n) is 19.8. The average Bonchev–Trinajstić information content (AvgIpc) is 3.33. The molecule has 0 aliphatic carbocycles. The second kappa shape index (κ2) is 10.5. The maximum atomic E-state index is 13.2. The maximum absolute atomic E-state index is 13.2. The minimum atomic E-state index is -0.510. The third-order valence-corrected chi connectivity index (χ3v) is 7.08. The van der Waals surface area contributed by atoms with Gasteiger partial charge in [0.1, 0.15) is 16.6 Å². The Morgan fingerprint density at radius 3 is 2.50 bits per heavy atom. The Bertz CT molecular complexity index is 1400. The number of carbonyl (C=O) groups excluding carboxylic acids is 1. The minimum Gasteiger partial charge on any atom is -0.481 e. The van der Waals surface area contributed by atoms with Crippen LogP contribution >= 0.6 is 11.3 Å². The van der Waals surface area contributed by atoms with Crippen LogP contribution in [0.3, 0.4) is 0 Å². The molecular weight excluding hydrogens is 481 g/mol. The van der Waals surface area contributed by atoms with Gasteiger partial charge in [0.05, 0.1) is 5.69 Å². The van der Waals surface area contributed by atoms with Crippen LogP contribution in [0, 0.1) is 5.82 Å². The number of aromatic nitrogens is 3. The molecule has 0 bridgehead atoms. The highest BCUT2D eigenvalue weighted by molar-refractivity contribution is 7.19. The first kappa shape index (κ1) is 24.1. The van der Waals surface area contributed by atoms with Gasteiger partial charge in [-0.2, -0.15) is 9.61 Å². The minimum absolute atomic E-state index is 0.00299. The number of nitrogens with zero attached hydrogens (tertiary/aromatic N) is 5. The van der Waals surface area contributed by atoms with E-state index in [1.807, 2.05) is 42.2 Å². The van der Waals surface area contributed by atoms with Crippen LogP contribution in [0.15, 0.2) is 65.5 Å². The summed E-state index contributed by atoms with van der Waals surface area (Å²) in [6.07, 6.45) is 0.0843. The molecule has 2 aromatic carbocycles. The van der Waals surface area contributed by atoms with E-state index in [-0.39, 0.29) is 17.3 Å². The number of halogens is 1. The average molecular weight is 508 g/mol. The van der Waals surface area contributed by atoms with E-state index in [0.29, 0.717) is 60.6 Å². The van der Waals surface area contributed by atoms with Gasteiger partial charge in [0.2, 0.25) is 4.96 Å². The standard InChI is InChI=1S/C26H26FN5O3S/c1-2-22(35-21-6-4-3-5-7-21)25(34)31-14-12-30(13-15-31)17-20-16-23(33)32-26(28-20)36-24(29-32)18-8-10-19(27)11-9-18/h3-11,16,22H,2,12-15,17H2,1H3/t22-/m1/s1. The molecule has 4 aromatic rings. The molecule has 0 N–H and O–H groups in total. The number of carbonyl (C=O) groups is 1. The van der Waals surface area contributed by atoms with Gasteiger partial charge >= 0.3 is 0 Å². The van der Waals surface area contributed by atoms with Crippen LogP contribution < -0.4 is 10.3 Å². The number of rotatable bonds is 7. The number of hydrogen-bond acceptors (Lipinski definition) is 7. The number of para-hydroxylation sites is 1. The molecule has 1 amide bonds. The summed E-state index contributed by atoms with van der Waals surface area (Å²) in [5.41, 5.74) is 1.14. The highest BCUT2D eigenvalue weighted by Gasteiger charge is 2.28. The quantitative estimate of drug-likeness (QED) is 0.381. The summed E-state index contributed by atoms with van der Waals surface area (Å²) in [4.78, 5) is 34.9. The van der Waals surface area contributed by atoms with Crippen molar-refractivity contribution in [3.8, 4) is 16.3 Å². The van der Waals surface area contributed by atoms with Crippen molar-refractivity contribution in [2.45, 2.75) is 26.0 Å². The summed E-state index contributed by atoms with van der Waals surface area (Å²) < 4.78 is 20.4. The van der Waals surface area contributed by atoms with Crippen molar-refractivity contribution in [2.24, 2.45) is 0 Å². The summed E-state index contributed by atoms with van der Waals surface area (Å²) in [6.45, 7) is 4.99. The predicted octanol–water partition coefficient (Wildman–Crippen LogP) is 3.46. The fraction of sp³-hybridized carbons (Fsp3) is 0.308. The smallest absolute Gasteiger partial charge is 0.275 e. The number of hydrogen-bond donors (Lipinski definition) is 0. The number of piperazine rings is 1. The Hall–Kier alpha value is -3.63. The van der Waals surface area contributed by atoms with Crippen molar-refractivity contribution in [1.82, 2.24) is 24.4 Å². The monoisotopic (exact) mass is 507 g/mol. The zero-order valence-corrected chi connectivity index (χ0v) is 20.7. The molecule has 3 heterocycles. The van der Waals surface area contributed by atoms with Crippen molar-refractivity contribution in [3.63, 3.8) is 0 Å². The van der Waals surface area contributed by atoms with Gasteiger partial charge in [0, 0.05) is 44.4 Å². The largest absolute Gasteiger partial charge is 0.481 e. The molecule has 36 heavy (non-hydrogen) atoms. The van der Waals surface area contributed by atoms with Gasteiger partial charge in [-0.25, -0.2) is 9.37 Å². The Morgan fingerprint density at radius 1 is 1.08 bits per heavy atom. The normalized spacial score (nSPS) is 15.2. The number of amides is 1. The second-order valence-corrected chi connectivity index (χ2v) is 9.58. The summed E-state index contributed by atoms with van der Waals surface area (Å²) in [6, 6.07) is 16.9. The van der Waals surface area contributed by atoms with E-state index in [4.69, 9.17) is 4.74 Å². The molecule has 1 aliphatic rings. The van der Waals surface area contributed by atoms with Gasteiger partial charge in [-0.1, -0.05) is 36.5 Å². The number of benzene rings is 2. The predicted molar refractivity (Wildman–Crippen MR) is 136 cm³/mol. The molecule has 0 saturated carbocycles. The molecule has 1 atom stereocenters. The summed E-state index contributed by atoms with van der Waals surface area (Å²) in [5, 5.41) is 4.96. The molecule has 0 radical (unpaired) electrons. The lowest BCUT2D eigenvalue weighted by molar-refractivity contribution is -0.140. The van der Waals surface area contributed by atoms with Crippen molar-refractivity contribution < 1.29 is 13.9 Å². The van der Waals surface area contributed by atoms with Gasteiger partial charge in [-0.05, 0) is 42.8 Å². The first-order chi connectivity index (χ1) is 17.5. The van der Waals surface area contributed by atoms with Crippen LogP contribution in [0.4, 0.5) is 4.39 Å². The lowest BCUT2D eigenvalue weighted by Crippen LogP contribution is -2.52. The Balaban J connectivity index is 1.22. The molecular formula is C26H26FN5O3S. The topological polar surface area (TPSA) is 80.0 Å². The molecule has 10 heteroatoms. The van der Waals surface area contributed by atoms with E-state index in [2.05, 4.69) is 15.0 Å². The Kier molecular flexibility index (Phi) is 7.06. The van der Waals surface area contributed by atoms with Crippen LogP contribution in [0.5, 0.6) is 5.75 Å². The summed E-state index contributed by atoms with van der Waals surface area (Å²) >= 11 is 1.29. The van der Waals surface area contributed by atoms with E-state index in [1.54, 1.807) is 12.1 Å². The lowest BCUT2D eigenvalue weighted by atomic mass is 10.2. The van der Waals surface area contributed by atoms with E-state index < -0.39 is 6.10 Å². The fourth-order valence-electron chi connectivity index (χ4n) is 4.18. The Morgan fingerprint density at radius 2 is 1.81 bits per heavy atom. The molecule has 8 nitrogen and oxygen atoms in total. The molecule has 2 aromatic heterocycles. The molecule has 1 saturated heterocycles. The van der Waals surface area contributed by atoms with Crippen molar-refractivity contribution in [2.75, 3.05) is 26.2 Å². The van der Waals surface area contributed by atoms with E-state index in [0.717, 1.165) is 5.56 Å². The highest BCUT2D eigenvalue weighted by Crippen LogP contribution is 2.24. The molecule has 1 aliphatic heterocycles. The van der Waals surface area contributed by atoms with Crippen molar-refractivity contribution in [3.05, 3.63) is 82.5 Å². The fourth-order valence-corrected chi connectivity index (χ4v) is 5.11. The first-order valence-corrected chi connectivity index (χ1v) is 12.7. The van der Waals surface area contributed by atoms with E-state index in [1.165, 1.54) is 34.1 Å². The molecule has 0 unspecified atom stereocenters. The molecule has 186 valence electrons. The number of fused-ring (bicyclic) bond motifs is 1. The van der Waals surface area contributed by atoms with Crippen LogP contribution in [0.1, 0.15) is 19.0 Å². The Labute approximate surface area is 211 Å². The van der Waals surface area contributed by atoms with Gasteiger partial charge in [0.15, 0.2) is 6.10 Å². The van der Waals surface area contributed by atoms with Crippen LogP contribution in [-0.4, -0.2) is 62.6 Å². The lowest BCUT2D eigenvalue weighted by Gasteiger charge is -2.36. The molecule has 0 spiro atoms. The van der Waals surface area contributed by atoms with Crippen LogP contribution in [0.25, 0.3) is 15.5 Å². The van der Waals surface area contributed by atoms with E-state index >= 15 is 0 Å². The zero-order chi connectivity index (χ0) is 25.1. The second-order valence-electron chi connectivity index (χ2n) is 8.62. The van der Waals surface area contributed by atoms with Gasteiger partial charge < -0.3 is 9.64 Å². The highest BCUT2D eigenvalue weighted by atomic mass is 32.1. The van der Waals surface area contributed by atoms with E-state index in [9.17, 15) is 14.0 Å². The number of ether oxygens (including phenoxy) is 1. The summed E-state index contributed by atoms with van der Waals surface area (Å²) in [5.74, 6) is 0.361. The third-order valence-electron chi connectivity index (χ3n) is 6.13. The summed E-state index contributed by atoms with van der Waals surface area (Å²) in [7, 11) is 0. The SMILES string of the molecule is CC[C@@H](Oc1ccccc1)C(=O)N1CCN(Cc2cc(=O)n3nc(-c4ccc(F)cc4)sc3n2)CC1. The maximum Gasteiger partial charge on any atom is 0.275 e.